The van der Waals surface area contributed by atoms with E-state index in [1.807, 2.05) is 23.1 Å². The van der Waals surface area contributed by atoms with Crippen LogP contribution in [-0.2, 0) is 24.8 Å². The summed E-state index contributed by atoms with van der Waals surface area (Å²) in [5.41, 5.74) is 4.47. The van der Waals surface area contributed by atoms with Crippen LogP contribution in [0.1, 0.15) is 57.3 Å². The summed E-state index contributed by atoms with van der Waals surface area (Å²) in [6, 6.07) is 0. The number of aryl methyl sites for hydroxylation is 1. The van der Waals surface area contributed by atoms with E-state index in [0.717, 1.165) is 60.6 Å². The smallest absolute Gasteiger partial charge is 0.176 e. The Morgan fingerprint density at radius 3 is 2.50 bits per heavy atom. The van der Waals surface area contributed by atoms with E-state index >= 15 is 0 Å². The monoisotopic (exact) mass is 487 g/mol. The summed E-state index contributed by atoms with van der Waals surface area (Å²) >= 11 is -1.26. The number of hydrogen-bond donors (Lipinski definition) is 0. The number of aromatic nitrogens is 2. The van der Waals surface area contributed by atoms with Crippen LogP contribution in [0.5, 0.6) is 0 Å². The average Bonchev–Trinajstić information content (AvgIpc) is 3.13. The van der Waals surface area contributed by atoms with E-state index in [2.05, 4.69) is 61.9 Å². The van der Waals surface area contributed by atoms with Crippen LogP contribution >= 0.6 is 0 Å². The van der Waals surface area contributed by atoms with Crippen LogP contribution in [0, 0.1) is 12.8 Å². The summed E-state index contributed by atoms with van der Waals surface area (Å²) in [5, 5.41) is 4.72. The lowest BCUT2D eigenvalue weighted by Crippen LogP contribution is -2.44. The van der Waals surface area contributed by atoms with Gasteiger partial charge in [0.2, 0.25) is 0 Å². The standard InChI is InChI=1S/C27H45N5OS/c1-22(2)21-26-27(23(3)30(5)28-26)31(6)34(33)25-13-9-7-8-11-24(14-15-25)12-10-16-32-19-17-29(4)18-20-32/h11,13-15,22H,7-10,12,16-21H2,1-6H3/b15-14?,24-11+,25-13?. The molecule has 0 bridgehead atoms. The summed E-state index contributed by atoms with van der Waals surface area (Å²) in [4.78, 5) is 5.89. The van der Waals surface area contributed by atoms with Crippen LogP contribution in [0.15, 0.2) is 34.8 Å². The van der Waals surface area contributed by atoms with Crippen molar-refractivity contribution in [3.63, 3.8) is 0 Å². The Bertz CT molecular complexity index is 880. The van der Waals surface area contributed by atoms with Gasteiger partial charge in [-0.2, -0.15) is 9.40 Å². The van der Waals surface area contributed by atoms with Gasteiger partial charge in [-0.25, -0.2) is 0 Å². The Hall–Kier alpha value is -1.54. The molecule has 1 fully saturated rings. The fourth-order valence-electron chi connectivity index (χ4n) is 4.71. The molecule has 0 radical (unpaired) electrons. The number of rotatable bonds is 9. The van der Waals surface area contributed by atoms with Gasteiger partial charge in [0.1, 0.15) is 17.0 Å². The maximum absolute atomic E-state index is 13.7. The highest BCUT2D eigenvalue weighted by molar-refractivity contribution is 7.96. The number of hydrogen-bond acceptors (Lipinski definition) is 5. The Kier molecular flexibility index (Phi) is 10.3. The number of anilines is 1. The Morgan fingerprint density at radius 2 is 1.79 bits per heavy atom. The van der Waals surface area contributed by atoms with Gasteiger partial charge in [-0.05, 0) is 77.1 Å². The summed E-state index contributed by atoms with van der Waals surface area (Å²) in [6.07, 6.45) is 15.1. The van der Waals surface area contributed by atoms with Crippen LogP contribution in [-0.4, -0.2) is 71.0 Å². The highest BCUT2D eigenvalue weighted by atomic mass is 32.2. The van der Waals surface area contributed by atoms with E-state index in [-0.39, 0.29) is 0 Å². The SMILES string of the molecule is Cc1c(N(C)[S+]([O-])C2=CCCC/C=C(\CCCN3CCN(C)CC3)C=C2)c(CC(C)C)nn1C. The molecule has 0 amide bonds. The fraction of sp³-hybridized carbons (Fsp3) is 0.667. The third-order valence-electron chi connectivity index (χ3n) is 6.90. The molecule has 6 nitrogen and oxygen atoms in total. The second-order valence-corrected chi connectivity index (χ2v) is 11.8. The quantitative estimate of drug-likeness (QED) is 0.476. The van der Waals surface area contributed by atoms with E-state index in [9.17, 15) is 4.55 Å². The Labute approximate surface area is 210 Å². The van der Waals surface area contributed by atoms with Crippen molar-refractivity contribution in [1.29, 1.82) is 0 Å². The van der Waals surface area contributed by atoms with Gasteiger partial charge in [0.25, 0.3) is 0 Å². The van der Waals surface area contributed by atoms with E-state index in [4.69, 9.17) is 5.10 Å². The molecule has 2 aliphatic rings. The topological polar surface area (TPSA) is 50.6 Å². The lowest BCUT2D eigenvalue weighted by Gasteiger charge is -2.32. The van der Waals surface area contributed by atoms with Crippen LogP contribution < -0.4 is 4.31 Å². The fourth-order valence-corrected chi connectivity index (χ4v) is 5.87. The minimum Gasteiger partial charge on any atom is -0.588 e. The summed E-state index contributed by atoms with van der Waals surface area (Å²) in [7, 11) is 6.12. The van der Waals surface area contributed by atoms with Gasteiger partial charge in [-0.1, -0.05) is 31.6 Å². The predicted molar refractivity (Wildman–Crippen MR) is 145 cm³/mol. The van der Waals surface area contributed by atoms with Crippen molar-refractivity contribution in [3.8, 4) is 0 Å². The first-order valence-corrected chi connectivity index (χ1v) is 14.0. The lowest BCUT2D eigenvalue weighted by molar-refractivity contribution is 0.153. The van der Waals surface area contributed by atoms with Gasteiger partial charge in [0, 0.05) is 33.2 Å². The molecule has 0 spiro atoms. The number of nitrogens with zero attached hydrogens (tertiary/aromatic N) is 5. The summed E-state index contributed by atoms with van der Waals surface area (Å²) in [6.45, 7) is 12.3. The summed E-state index contributed by atoms with van der Waals surface area (Å²) < 4.78 is 17.5. The minimum atomic E-state index is -1.26. The molecule has 1 unspecified atom stereocenters. The van der Waals surface area contributed by atoms with Crippen molar-refractivity contribution in [3.05, 3.63) is 46.2 Å². The number of allylic oxidation sites excluding steroid dienone is 5. The van der Waals surface area contributed by atoms with Gasteiger partial charge < -0.3 is 14.4 Å². The molecule has 0 aromatic carbocycles. The highest BCUT2D eigenvalue weighted by Gasteiger charge is 2.27. The van der Waals surface area contributed by atoms with E-state index in [0.29, 0.717) is 5.92 Å². The second kappa shape index (κ2) is 13.0. The van der Waals surface area contributed by atoms with Crippen LogP contribution in [0.4, 0.5) is 5.69 Å². The van der Waals surface area contributed by atoms with Crippen molar-refractivity contribution >= 4 is 17.0 Å². The first-order valence-electron chi connectivity index (χ1n) is 12.9. The molecule has 2 heterocycles. The zero-order valence-electron chi connectivity index (χ0n) is 22.2. The van der Waals surface area contributed by atoms with Gasteiger partial charge >= 0.3 is 0 Å². The average molecular weight is 488 g/mol. The molecule has 1 saturated heterocycles. The van der Waals surface area contributed by atoms with Crippen molar-refractivity contribution in [2.24, 2.45) is 13.0 Å². The van der Waals surface area contributed by atoms with Gasteiger partial charge in [0.05, 0.1) is 18.4 Å². The number of piperazine rings is 1. The van der Waals surface area contributed by atoms with Gasteiger partial charge in [0.15, 0.2) is 4.91 Å². The van der Waals surface area contributed by atoms with Crippen molar-refractivity contribution < 1.29 is 4.55 Å². The van der Waals surface area contributed by atoms with E-state index in [1.54, 1.807) is 0 Å². The predicted octanol–water partition coefficient (Wildman–Crippen LogP) is 4.60. The maximum atomic E-state index is 13.7. The molecular weight excluding hydrogens is 442 g/mol. The molecule has 0 saturated carbocycles. The summed E-state index contributed by atoms with van der Waals surface area (Å²) in [5.74, 6) is 0.498. The van der Waals surface area contributed by atoms with E-state index < -0.39 is 11.4 Å². The van der Waals surface area contributed by atoms with Crippen molar-refractivity contribution in [2.75, 3.05) is 51.1 Å². The zero-order chi connectivity index (χ0) is 24.7. The third-order valence-corrected chi connectivity index (χ3v) is 8.28. The van der Waals surface area contributed by atoms with Crippen molar-refractivity contribution in [2.45, 2.75) is 59.3 Å². The molecule has 1 aromatic heterocycles. The van der Waals surface area contributed by atoms with Crippen LogP contribution in [0.3, 0.4) is 0 Å². The molecule has 1 aliphatic carbocycles. The van der Waals surface area contributed by atoms with Gasteiger partial charge in [-0.3, -0.25) is 4.68 Å². The van der Waals surface area contributed by atoms with Crippen LogP contribution in [0.2, 0.25) is 0 Å². The number of likely N-dealkylation sites (N-methyl/N-ethyl adjacent to an activating group) is 1. The van der Waals surface area contributed by atoms with Crippen LogP contribution in [0.25, 0.3) is 0 Å². The molecular formula is C27H45N5OS. The first-order chi connectivity index (χ1) is 16.3. The van der Waals surface area contributed by atoms with Gasteiger partial charge in [-0.15, -0.1) is 0 Å². The highest BCUT2D eigenvalue weighted by Crippen LogP contribution is 2.31. The molecule has 34 heavy (non-hydrogen) atoms. The molecule has 1 atom stereocenters. The molecule has 0 N–H and O–H groups in total. The first kappa shape index (κ1) is 27.1. The Balaban J connectivity index is 1.66. The maximum Gasteiger partial charge on any atom is 0.176 e. The molecule has 190 valence electrons. The normalized spacial score (nSPS) is 20.9. The molecule has 7 heteroatoms. The third kappa shape index (κ3) is 7.48. The second-order valence-electron chi connectivity index (χ2n) is 10.2. The van der Waals surface area contributed by atoms with Crippen molar-refractivity contribution in [1.82, 2.24) is 19.6 Å². The molecule has 1 aliphatic heterocycles. The molecule has 1 aromatic rings. The Morgan fingerprint density at radius 1 is 1.09 bits per heavy atom. The lowest BCUT2D eigenvalue weighted by atomic mass is 10.1. The molecule has 3 rings (SSSR count). The zero-order valence-corrected chi connectivity index (χ0v) is 23.0. The largest absolute Gasteiger partial charge is 0.588 e. The minimum absolute atomic E-state index is 0.498. The van der Waals surface area contributed by atoms with E-state index in [1.165, 1.54) is 38.2 Å².